The number of nitrogens with zero attached hydrogens (tertiary/aromatic N) is 1. The number of nitrogens with one attached hydrogen (secondary N) is 1. The number of primary sulfonamides is 1. The highest BCUT2D eigenvalue weighted by Crippen LogP contribution is 2.40. The molecule has 1 heterocycles. The van der Waals surface area contributed by atoms with Crippen LogP contribution in [-0.4, -0.2) is 29.5 Å². The highest BCUT2D eigenvalue weighted by molar-refractivity contribution is 7.89. The van der Waals surface area contributed by atoms with Crippen LogP contribution in [0.25, 0.3) is 33.5 Å². The van der Waals surface area contributed by atoms with Gasteiger partial charge in [-0.25, -0.2) is 18.5 Å². The van der Waals surface area contributed by atoms with Crippen molar-refractivity contribution in [1.29, 1.82) is 0 Å². The Bertz CT molecular complexity index is 1480. The predicted molar refractivity (Wildman–Crippen MR) is 135 cm³/mol. The van der Waals surface area contributed by atoms with Gasteiger partial charge in [0.1, 0.15) is 5.82 Å². The quantitative estimate of drug-likeness (QED) is 0.339. The minimum Gasteiger partial charge on any atom is -0.481 e. The topological polar surface area (TPSA) is 126 Å². The van der Waals surface area contributed by atoms with Gasteiger partial charge in [-0.15, -0.1) is 0 Å². The minimum absolute atomic E-state index is 0.0431. The lowest BCUT2D eigenvalue weighted by molar-refractivity contribution is -0.138. The van der Waals surface area contributed by atoms with Crippen molar-refractivity contribution in [2.24, 2.45) is 11.1 Å². The molecule has 180 valence electrons. The number of aliphatic carboxylic acids is 1. The molecule has 8 heteroatoms. The zero-order valence-corrected chi connectivity index (χ0v) is 20.0. The number of carboxylic acid groups (broad SMARTS) is 1. The Morgan fingerprint density at radius 2 is 1.57 bits per heavy atom. The Labute approximate surface area is 204 Å². The molecule has 4 N–H and O–H groups in total. The Morgan fingerprint density at radius 1 is 0.943 bits per heavy atom. The smallest absolute Gasteiger partial charge is 0.303 e. The molecule has 7 nitrogen and oxygen atoms in total. The van der Waals surface area contributed by atoms with Gasteiger partial charge in [-0.3, -0.25) is 4.79 Å². The summed E-state index contributed by atoms with van der Waals surface area (Å²) in [7, 11) is -3.78. The highest BCUT2D eigenvalue weighted by Gasteiger charge is 2.28. The second kappa shape index (κ2) is 9.28. The van der Waals surface area contributed by atoms with Crippen molar-refractivity contribution in [3.05, 3.63) is 72.3 Å². The zero-order chi connectivity index (χ0) is 24.6. The number of fused-ring (bicyclic) bond motifs is 1. The molecule has 2 atom stereocenters. The van der Waals surface area contributed by atoms with Crippen molar-refractivity contribution < 1.29 is 18.3 Å². The summed E-state index contributed by atoms with van der Waals surface area (Å²) >= 11 is 0. The Balaban J connectivity index is 1.35. The number of aromatic amines is 1. The molecule has 4 aromatic rings. The first kappa shape index (κ1) is 23.3. The summed E-state index contributed by atoms with van der Waals surface area (Å²) in [5.74, 6) is 0.443. The Morgan fingerprint density at radius 3 is 2.23 bits per heavy atom. The van der Waals surface area contributed by atoms with Gasteiger partial charge in [-0.1, -0.05) is 61.4 Å². The van der Waals surface area contributed by atoms with Crippen LogP contribution in [0.1, 0.15) is 43.6 Å². The molecule has 0 radical (unpaired) electrons. The van der Waals surface area contributed by atoms with Gasteiger partial charge in [0.25, 0.3) is 0 Å². The first-order chi connectivity index (χ1) is 16.8. The normalized spacial score (nSPS) is 18.5. The van der Waals surface area contributed by atoms with Gasteiger partial charge >= 0.3 is 5.97 Å². The molecule has 0 spiro atoms. The maximum Gasteiger partial charge on any atom is 0.303 e. The zero-order valence-electron chi connectivity index (χ0n) is 19.1. The third-order valence-electron chi connectivity index (χ3n) is 6.96. The number of carboxylic acids is 1. The van der Waals surface area contributed by atoms with E-state index in [2.05, 4.69) is 34.2 Å². The summed E-state index contributed by atoms with van der Waals surface area (Å²) in [6.07, 6.45) is 4.51. The van der Waals surface area contributed by atoms with Crippen LogP contribution in [0.3, 0.4) is 0 Å². The van der Waals surface area contributed by atoms with Gasteiger partial charge in [0, 0.05) is 12.0 Å². The molecule has 1 fully saturated rings. The number of hydrogen-bond donors (Lipinski definition) is 3. The van der Waals surface area contributed by atoms with Crippen molar-refractivity contribution in [3.63, 3.8) is 0 Å². The molecule has 3 aromatic carbocycles. The second-order valence-electron chi connectivity index (χ2n) is 9.26. The minimum atomic E-state index is -3.78. The summed E-state index contributed by atoms with van der Waals surface area (Å²) in [5.41, 5.74) is 5.54. The number of benzene rings is 3. The fourth-order valence-corrected chi connectivity index (χ4v) is 5.70. The molecule has 2 unspecified atom stereocenters. The molecule has 1 saturated carbocycles. The van der Waals surface area contributed by atoms with Crippen molar-refractivity contribution >= 4 is 27.0 Å². The number of rotatable bonds is 6. The van der Waals surface area contributed by atoms with E-state index in [0.717, 1.165) is 42.4 Å². The standard InChI is InChI=1S/C27H27N3O4S/c28-35(33,34)22-13-14-24-25(16-22)30-27(29-24)20-11-7-18(8-12-20)17-5-9-19(10-6-17)23-4-2-1-3-21(23)15-26(31)32/h5-14,16,21,23H,1-4,15H2,(H,29,30)(H,31,32)(H2,28,33,34). The molecule has 1 aliphatic rings. The van der Waals surface area contributed by atoms with E-state index >= 15 is 0 Å². The summed E-state index contributed by atoms with van der Waals surface area (Å²) in [4.78, 5) is 19.1. The fourth-order valence-electron chi connectivity index (χ4n) is 5.16. The summed E-state index contributed by atoms with van der Waals surface area (Å²) in [6.45, 7) is 0. The number of imidazole rings is 1. The first-order valence-electron chi connectivity index (χ1n) is 11.7. The number of aromatic nitrogens is 2. The van der Waals surface area contributed by atoms with Crippen LogP contribution in [-0.2, 0) is 14.8 Å². The molecule has 0 bridgehead atoms. The SMILES string of the molecule is NS(=O)(=O)c1ccc2nc(-c3ccc(-c4ccc(C5CCCCC5CC(=O)O)cc4)cc3)[nH]c2c1. The largest absolute Gasteiger partial charge is 0.481 e. The van der Waals surface area contributed by atoms with E-state index in [9.17, 15) is 18.3 Å². The second-order valence-corrected chi connectivity index (χ2v) is 10.8. The van der Waals surface area contributed by atoms with E-state index < -0.39 is 16.0 Å². The molecule has 0 aliphatic heterocycles. The molecular weight excluding hydrogens is 462 g/mol. The van der Waals surface area contributed by atoms with Gasteiger partial charge in [0.05, 0.1) is 15.9 Å². The lowest BCUT2D eigenvalue weighted by atomic mass is 9.74. The van der Waals surface area contributed by atoms with E-state index in [4.69, 9.17) is 5.14 Å². The van der Waals surface area contributed by atoms with Gasteiger partial charge in [0.15, 0.2) is 0 Å². The number of hydrogen-bond acceptors (Lipinski definition) is 4. The number of sulfonamides is 1. The highest BCUT2D eigenvalue weighted by atomic mass is 32.2. The number of H-pyrrole nitrogens is 1. The molecule has 0 amide bonds. The average molecular weight is 490 g/mol. The number of carbonyl (C=O) groups is 1. The fraction of sp³-hybridized carbons (Fsp3) is 0.259. The molecule has 1 aromatic heterocycles. The van der Waals surface area contributed by atoms with Crippen LogP contribution in [0.5, 0.6) is 0 Å². The Hall–Kier alpha value is -3.49. The lowest BCUT2D eigenvalue weighted by Crippen LogP contribution is -2.20. The van der Waals surface area contributed by atoms with Crippen LogP contribution in [0.15, 0.2) is 71.6 Å². The molecule has 0 saturated heterocycles. The van der Waals surface area contributed by atoms with Crippen molar-refractivity contribution in [1.82, 2.24) is 9.97 Å². The Kier molecular flexibility index (Phi) is 6.17. The van der Waals surface area contributed by atoms with E-state index in [-0.39, 0.29) is 17.2 Å². The number of nitrogens with two attached hydrogens (primary N) is 1. The average Bonchev–Trinajstić information content (AvgIpc) is 3.27. The van der Waals surface area contributed by atoms with Crippen molar-refractivity contribution in [2.45, 2.75) is 42.9 Å². The molecule has 35 heavy (non-hydrogen) atoms. The monoisotopic (exact) mass is 489 g/mol. The van der Waals surface area contributed by atoms with Crippen molar-refractivity contribution in [2.75, 3.05) is 0 Å². The third-order valence-corrected chi connectivity index (χ3v) is 7.87. The van der Waals surface area contributed by atoms with Crippen LogP contribution in [0, 0.1) is 5.92 Å². The van der Waals surface area contributed by atoms with E-state index in [0.29, 0.717) is 22.8 Å². The summed E-state index contributed by atoms with van der Waals surface area (Å²) in [6, 6.07) is 21.1. The van der Waals surface area contributed by atoms with Gasteiger partial charge in [-0.2, -0.15) is 0 Å². The van der Waals surface area contributed by atoms with Crippen molar-refractivity contribution in [3.8, 4) is 22.5 Å². The van der Waals surface area contributed by atoms with E-state index in [1.807, 2.05) is 24.3 Å². The van der Waals surface area contributed by atoms with E-state index in [1.54, 1.807) is 6.07 Å². The van der Waals surface area contributed by atoms with Crippen LogP contribution < -0.4 is 5.14 Å². The van der Waals surface area contributed by atoms with E-state index in [1.165, 1.54) is 17.7 Å². The lowest BCUT2D eigenvalue weighted by Gasteiger charge is -2.31. The predicted octanol–water partition coefficient (Wildman–Crippen LogP) is 5.29. The van der Waals surface area contributed by atoms with Gasteiger partial charge in [-0.05, 0) is 59.6 Å². The van der Waals surface area contributed by atoms with Crippen LogP contribution >= 0.6 is 0 Å². The maximum atomic E-state index is 11.6. The van der Waals surface area contributed by atoms with Crippen LogP contribution in [0.2, 0.25) is 0 Å². The molecule has 1 aliphatic carbocycles. The third kappa shape index (κ3) is 4.99. The summed E-state index contributed by atoms with van der Waals surface area (Å²) < 4.78 is 23.2. The van der Waals surface area contributed by atoms with Crippen LogP contribution in [0.4, 0.5) is 0 Å². The maximum absolute atomic E-state index is 11.6. The summed E-state index contributed by atoms with van der Waals surface area (Å²) in [5, 5.41) is 14.5. The molecule has 5 rings (SSSR count). The van der Waals surface area contributed by atoms with Gasteiger partial charge in [0.2, 0.25) is 10.0 Å². The molecular formula is C27H27N3O4S. The van der Waals surface area contributed by atoms with Gasteiger partial charge < -0.3 is 10.1 Å². The first-order valence-corrected chi connectivity index (χ1v) is 13.3.